The largest absolute Gasteiger partial charge is 0.464 e. The molecule has 27 heavy (non-hydrogen) atoms. The molecule has 0 radical (unpaired) electrons. The van der Waals surface area contributed by atoms with Gasteiger partial charge in [0.1, 0.15) is 6.54 Å². The summed E-state index contributed by atoms with van der Waals surface area (Å²) in [5.41, 5.74) is 0.502. The first-order valence-electron chi connectivity index (χ1n) is 9.22. The van der Waals surface area contributed by atoms with Crippen LogP contribution in [0, 0.1) is 0 Å². The van der Waals surface area contributed by atoms with E-state index in [-0.39, 0.29) is 23.6 Å². The third kappa shape index (κ3) is 4.24. The van der Waals surface area contributed by atoms with Gasteiger partial charge in [-0.25, -0.2) is 13.2 Å². The van der Waals surface area contributed by atoms with Crippen LogP contribution in [0.25, 0.3) is 11.1 Å². The van der Waals surface area contributed by atoms with Gasteiger partial charge >= 0.3 is 11.7 Å². The highest BCUT2D eigenvalue weighted by Gasteiger charge is 2.26. The smallest absolute Gasteiger partial charge is 0.420 e. The predicted molar refractivity (Wildman–Crippen MR) is 99.0 cm³/mol. The Morgan fingerprint density at radius 3 is 2.56 bits per heavy atom. The molecular formula is C18H24N2O6S. The van der Waals surface area contributed by atoms with Crippen molar-refractivity contribution in [1.29, 1.82) is 0 Å². The van der Waals surface area contributed by atoms with Gasteiger partial charge in [0.05, 0.1) is 17.0 Å². The molecule has 2 heterocycles. The minimum atomic E-state index is -3.65. The molecule has 0 amide bonds. The number of carbonyl (C=O) groups excluding carboxylic acids is 1. The van der Waals surface area contributed by atoms with Crippen LogP contribution in [0.5, 0.6) is 0 Å². The Balaban J connectivity index is 1.90. The number of nitrogens with zero attached hydrogens (tertiary/aromatic N) is 2. The zero-order valence-corrected chi connectivity index (χ0v) is 16.2. The summed E-state index contributed by atoms with van der Waals surface area (Å²) < 4.78 is 38.6. The maximum absolute atomic E-state index is 12.9. The van der Waals surface area contributed by atoms with Crippen molar-refractivity contribution in [3.8, 4) is 0 Å². The fourth-order valence-electron chi connectivity index (χ4n) is 3.18. The first-order valence-corrected chi connectivity index (χ1v) is 10.7. The van der Waals surface area contributed by atoms with Gasteiger partial charge in [-0.3, -0.25) is 9.36 Å². The van der Waals surface area contributed by atoms with Crippen LogP contribution < -0.4 is 5.76 Å². The van der Waals surface area contributed by atoms with E-state index in [0.29, 0.717) is 25.0 Å². The van der Waals surface area contributed by atoms with Gasteiger partial charge in [-0.15, -0.1) is 0 Å². The Hall–Kier alpha value is -2.13. The molecule has 1 aliphatic heterocycles. The van der Waals surface area contributed by atoms with Crippen molar-refractivity contribution in [1.82, 2.24) is 8.87 Å². The zero-order valence-electron chi connectivity index (χ0n) is 15.3. The lowest BCUT2D eigenvalue weighted by atomic mass is 10.2. The molecule has 0 spiro atoms. The molecule has 9 heteroatoms. The first kappa shape index (κ1) is 19.6. The second-order valence-corrected chi connectivity index (χ2v) is 8.56. The summed E-state index contributed by atoms with van der Waals surface area (Å²) in [6.45, 7) is 2.87. The van der Waals surface area contributed by atoms with Crippen molar-refractivity contribution in [2.75, 3.05) is 19.7 Å². The highest BCUT2D eigenvalue weighted by molar-refractivity contribution is 7.89. The molecule has 1 aromatic carbocycles. The molecule has 1 fully saturated rings. The van der Waals surface area contributed by atoms with Gasteiger partial charge < -0.3 is 9.15 Å². The molecule has 0 unspecified atom stereocenters. The third-order valence-electron chi connectivity index (χ3n) is 4.60. The standard InChI is InChI=1S/C18H24N2O6S/c1-2-11-25-17(21)13-20-15-8-7-14(12-16(15)26-18(20)22)27(23,24)19-9-5-3-4-6-10-19/h7-8,12H,2-6,9-11,13H2,1H3. The molecule has 148 valence electrons. The lowest BCUT2D eigenvalue weighted by Crippen LogP contribution is -2.31. The normalized spacial score (nSPS) is 16.3. The number of hydrogen-bond acceptors (Lipinski definition) is 6. The van der Waals surface area contributed by atoms with E-state index >= 15 is 0 Å². The minimum absolute atomic E-state index is 0.0892. The number of aromatic nitrogens is 1. The van der Waals surface area contributed by atoms with E-state index in [2.05, 4.69) is 0 Å². The lowest BCUT2D eigenvalue weighted by Gasteiger charge is -2.19. The summed E-state index contributed by atoms with van der Waals surface area (Å²) in [6, 6.07) is 4.30. The Morgan fingerprint density at radius 1 is 1.19 bits per heavy atom. The van der Waals surface area contributed by atoms with Crippen LogP contribution in [-0.2, 0) is 26.1 Å². The Morgan fingerprint density at radius 2 is 1.89 bits per heavy atom. The second-order valence-electron chi connectivity index (χ2n) is 6.62. The van der Waals surface area contributed by atoms with Gasteiger partial charge in [0.25, 0.3) is 0 Å². The second kappa shape index (κ2) is 8.26. The van der Waals surface area contributed by atoms with Crippen LogP contribution in [0.3, 0.4) is 0 Å². The monoisotopic (exact) mass is 396 g/mol. The van der Waals surface area contributed by atoms with E-state index in [4.69, 9.17) is 9.15 Å². The highest BCUT2D eigenvalue weighted by atomic mass is 32.2. The zero-order chi connectivity index (χ0) is 19.4. The fourth-order valence-corrected chi connectivity index (χ4v) is 4.71. The Labute approximate surface area is 157 Å². The predicted octanol–water partition coefficient (Wildman–Crippen LogP) is 2.11. The molecule has 0 atom stereocenters. The lowest BCUT2D eigenvalue weighted by molar-refractivity contribution is -0.144. The van der Waals surface area contributed by atoms with E-state index in [9.17, 15) is 18.0 Å². The maximum Gasteiger partial charge on any atom is 0.420 e. The molecule has 0 saturated carbocycles. The number of oxazole rings is 1. The van der Waals surface area contributed by atoms with Gasteiger partial charge in [-0.1, -0.05) is 19.8 Å². The van der Waals surface area contributed by atoms with Gasteiger partial charge in [0.2, 0.25) is 10.0 Å². The average Bonchev–Trinajstić information content (AvgIpc) is 2.83. The Kier molecular flexibility index (Phi) is 6.01. The highest BCUT2D eigenvalue weighted by Crippen LogP contribution is 2.24. The van der Waals surface area contributed by atoms with E-state index in [0.717, 1.165) is 30.3 Å². The molecule has 1 aliphatic rings. The molecule has 3 rings (SSSR count). The number of carbonyl (C=O) groups is 1. The van der Waals surface area contributed by atoms with Crippen LogP contribution in [0.2, 0.25) is 0 Å². The van der Waals surface area contributed by atoms with Gasteiger partial charge in [0, 0.05) is 19.2 Å². The van der Waals surface area contributed by atoms with E-state index in [1.165, 1.54) is 22.5 Å². The number of fused-ring (bicyclic) bond motifs is 1. The quantitative estimate of drug-likeness (QED) is 0.694. The van der Waals surface area contributed by atoms with Crippen molar-refractivity contribution in [3.05, 3.63) is 28.7 Å². The number of hydrogen-bond donors (Lipinski definition) is 0. The van der Waals surface area contributed by atoms with Crippen molar-refractivity contribution in [2.24, 2.45) is 0 Å². The Bertz CT molecular complexity index is 967. The molecule has 0 N–H and O–H groups in total. The van der Waals surface area contributed by atoms with Crippen molar-refractivity contribution < 1.29 is 22.4 Å². The molecule has 0 aliphatic carbocycles. The SMILES string of the molecule is CCCOC(=O)Cn1c(=O)oc2cc(S(=O)(=O)N3CCCCCC3)ccc21. The van der Waals surface area contributed by atoms with Crippen LogP contribution in [-0.4, -0.2) is 43.0 Å². The summed E-state index contributed by atoms with van der Waals surface area (Å²) in [7, 11) is -3.65. The molecule has 2 aromatic rings. The van der Waals surface area contributed by atoms with Crippen molar-refractivity contribution in [2.45, 2.75) is 50.5 Å². The summed E-state index contributed by atoms with van der Waals surface area (Å²) >= 11 is 0. The van der Waals surface area contributed by atoms with E-state index in [1.807, 2.05) is 6.92 Å². The number of sulfonamides is 1. The number of esters is 1. The molecule has 0 bridgehead atoms. The van der Waals surface area contributed by atoms with Gasteiger partial charge in [0.15, 0.2) is 5.58 Å². The van der Waals surface area contributed by atoms with Crippen LogP contribution in [0.15, 0.2) is 32.3 Å². The third-order valence-corrected chi connectivity index (χ3v) is 6.49. The van der Waals surface area contributed by atoms with Crippen molar-refractivity contribution in [3.63, 3.8) is 0 Å². The van der Waals surface area contributed by atoms with Crippen LogP contribution in [0.1, 0.15) is 39.0 Å². The maximum atomic E-state index is 12.9. The molecule has 1 aromatic heterocycles. The molecule has 1 saturated heterocycles. The van der Waals surface area contributed by atoms with Gasteiger partial charge in [-0.2, -0.15) is 4.31 Å². The summed E-state index contributed by atoms with van der Waals surface area (Å²) in [4.78, 5) is 24.0. The van der Waals surface area contributed by atoms with Crippen LogP contribution in [0.4, 0.5) is 0 Å². The van der Waals surface area contributed by atoms with Crippen molar-refractivity contribution >= 4 is 27.1 Å². The van der Waals surface area contributed by atoms with E-state index in [1.54, 1.807) is 0 Å². The molecular weight excluding hydrogens is 372 g/mol. The summed E-state index contributed by atoms with van der Waals surface area (Å²) in [5.74, 6) is -1.26. The van der Waals surface area contributed by atoms with E-state index < -0.39 is 21.7 Å². The number of ether oxygens (including phenoxy) is 1. The minimum Gasteiger partial charge on any atom is -0.464 e. The number of benzene rings is 1. The topological polar surface area (TPSA) is 98.8 Å². The number of rotatable bonds is 6. The molecule has 8 nitrogen and oxygen atoms in total. The first-order chi connectivity index (χ1) is 12.9. The summed E-state index contributed by atoms with van der Waals surface area (Å²) in [6.07, 6.45) is 4.41. The van der Waals surface area contributed by atoms with Crippen LogP contribution >= 0.6 is 0 Å². The fraction of sp³-hybridized carbons (Fsp3) is 0.556. The van der Waals surface area contributed by atoms with Gasteiger partial charge in [-0.05, 0) is 31.4 Å². The summed E-state index contributed by atoms with van der Waals surface area (Å²) in [5, 5.41) is 0. The average molecular weight is 396 g/mol.